The van der Waals surface area contributed by atoms with Crippen molar-refractivity contribution in [3.05, 3.63) is 33.4 Å². The molecule has 1 amide bonds. The van der Waals surface area contributed by atoms with Gasteiger partial charge in [0.1, 0.15) is 0 Å². The van der Waals surface area contributed by atoms with E-state index in [0.717, 1.165) is 30.7 Å². The molecule has 0 aliphatic carbocycles. The minimum absolute atomic E-state index is 0.0851. The predicted octanol–water partition coefficient (Wildman–Crippen LogP) is 1.62. The zero-order chi connectivity index (χ0) is 22.3. The third-order valence-electron chi connectivity index (χ3n) is 6.71. The molecule has 2 aliphatic rings. The number of aromatic nitrogens is 3. The van der Waals surface area contributed by atoms with E-state index >= 15 is 0 Å². The van der Waals surface area contributed by atoms with Crippen LogP contribution in [-0.2, 0) is 21.2 Å². The molecular weight excluding hydrogens is 418 g/mol. The van der Waals surface area contributed by atoms with Crippen LogP contribution in [0.3, 0.4) is 0 Å². The molecule has 9 nitrogen and oxygen atoms in total. The SMILES string of the molecule is CCc1c(C)nc2cc(C3CCCCN3C(=O)C3CCN(S(C)(=O)=O)CC3)[nH]n2c1=O. The van der Waals surface area contributed by atoms with Crippen LogP contribution in [0.2, 0.25) is 0 Å². The summed E-state index contributed by atoms with van der Waals surface area (Å²) in [5.41, 5.74) is 2.76. The van der Waals surface area contributed by atoms with E-state index in [-0.39, 0.29) is 23.4 Å². The number of amides is 1. The standard InChI is InChI=1S/C21H31N5O4S/c1-4-16-14(2)22-19-13-17(23-26(19)21(16)28)18-7-5-6-10-25(18)20(27)15-8-11-24(12-9-15)31(3,29)30/h13,15,18,23H,4-12H2,1-3H3. The average molecular weight is 450 g/mol. The molecule has 170 valence electrons. The van der Waals surface area contributed by atoms with Crippen molar-refractivity contribution in [1.82, 2.24) is 23.8 Å². The number of nitrogens with one attached hydrogen (secondary N) is 1. The zero-order valence-electron chi connectivity index (χ0n) is 18.4. The highest BCUT2D eigenvalue weighted by molar-refractivity contribution is 7.88. The minimum Gasteiger partial charge on any atom is -0.334 e. The van der Waals surface area contributed by atoms with Gasteiger partial charge in [0.25, 0.3) is 5.56 Å². The van der Waals surface area contributed by atoms with Gasteiger partial charge in [-0.15, -0.1) is 0 Å². The van der Waals surface area contributed by atoms with Crippen molar-refractivity contribution in [2.75, 3.05) is 25.9 Å². The van der Waals surface area contributed by atoms with Crippen molar-refractivity contribution in [3.8, 4) is 0 Å². The normalized spacial score (nSPS) is 21.6. The van der Waals surface area contributed by atoms with Crippen molar-refractivity contribution in [3.63, 3.8) is 0 Å². The van der Waals surface area contributed by atoms with Crippen molar-refractivity contribution < 1.29 is 13.2 Å². The second-order valence-electron chi connectivity index (χ2n) is 8.72. The molecule has 1 atom stereocenters. The molecule has 1 N–H and O–H groups in total. The fourth-order valence-corrected chi connectivity index (χ4v) is 5.83. The van der Waals surface area contributed by atoms with Crippen LogP contribution in [0, 0.1) is 12.8 Å². The Morgan fingerprint density at radius 1 is 1.19 bits per heavy atom. The number of hydrogen-bond donors (Lipinski definition) is 1. The zero-order valence-corrected chi connectivity index (χ0v) is 19.2. The summed E-state index contributed by atoms with van der Waals surface area (Å²) >= 11 is 0. The molecule has 0 bridgehead atoms. The Balaban J connectivity index is 1.59. The number of aromatic amines is 1. The van der Waals surface area contributed by atoms with Gasteiger partial charge in [0.05, 0.1) is 18.0 Å². The number of H-pyrrole nitrogens is 1. The van der Waals surface area contributed by atoms with Crippen molar-refractivity contribution in [2.24, 2.45) is 5.92 Å². The lowest BCUT2D eigenvalue weighted by Gasteiger charge is -2.39. The molecule has 2 aromatic heterocycles. The van der Waals surface area contributed by atoms with Gasteiger partial charge in [0.15, 0.2) is 5.65 Å². The van der Waals surface area contributed by atoms with Gasteiger partial charge in [0, 0.05) is 42.9 Å². The van der Waals surface area contributed by atoms with E-state index in [2.05, 4.69) is 10.1 Å². The van der Waals surface area contributed by atoms with E-state index in [1.165, 1.54) is 15.1 Å². The summed E-state index contributed by atoms with van der Waals surface area (Å²) in [5.74, 6) is -0.0833. The molecule has 4 heterocycles. The van der Waals surface area contributed by atoms with Gasteiger partial charge >= 0.3 is 0 Å². The molecule has 4 rings (SSSR count). The predicted molar refractivity (Wildman–Crippen MR) is 117 cm³/mol. The Bertz CT molecular complexity index is 1140. The summed E-state index contributed by atoms with van der Waals surface area (Å²) in [7, 11) is -3.22. The number of carbonyl (C=O) groups is 1. The summed E-state index contributed by atoms with van der Waals surface area (Å²) in [6.45, 7) is 5.24. The highest BCUT2D eigenvalue weighted by Gasteiger charge is 2.36. The van der Waals surface area contributed by atoms with Gasteiger partial charge in [0.2, 0.25) is 15.9 Å². The average Bonchev–Trinajstić information content (AvgIpc) is 3.17. The molecule has 2 aromatic rings. The second-order valence-corrected chi connectivity index (χ2v) is 10.7. The van der Waals surface area contributed by atoms with E-state index in [0.29, 0.717) is 50.1 Å². The highest BCUT2D eigenvalue weighted by Crippen LogP contribution is 2.33. The molecule has 0 spiro atoms. The summed E-state index contributed by atoms with van der Waals surface area (Å²) in [4.78, 5) is 32.7. The summed E-state index contributed by atoms with van der Waals surface area (Å²) in [5, 5.41) is 3.21. The largest absolute Gasteiger partial charge is 0.334 e. The number of sulfonamides is 1. The summed E-state index contributed by atoms with van der Waals surface area (Å²) in [6, 6.07) is 1.76. The first-order valence-corrected chi connectivity index (χ1v) is 12.9. The van der Waals surface area contributed by atoms with Crippen LogP contribution in [0.1, 0.15) is 62.0 Å². The number of rotatable bonds is 4. The van der Waals surface area contributed by atoms with Gasteiger partial charge in [-0.05, 0) is 45.4 Å². The Morgan fingerprint density at radius 3 is 2.55 bits per heavy atom. The first-order valence-electron chi connectivity index (χ1n) is 11.1. The van der Waals surface area contributed by atoms with Crippen LogP contribution < -0.4 is 5.56 Å². The van der Waals surface area contributed by atoms with Gasteiger partial charge in [-0.1, -0.05) is 6.92 Å². The monoisotopic (exact) mass is 449 g/mol. The topological polar surface area (TPSA) is 108 Å². The lowest BCUT2D eigenvalue weighted by Crippen LogP contribution is -2.46. The third kappa shape index (κ3) is 4.15. The molecule has 0 saturated carbocycles. The summed E-state index contributed by atoms with van der Waals surface area (Å²) < 4.78 is 26.5. The van der Waals surface area contributed by atoms with Crippen LogP contribution in [0.15, 0.2) is 10.9 Å². The molecule has 0 radical (unpaired) electrons. The number of likely N-dealkylation sites (tertiary alicyclic amines) is 1. The summed E-state index contributed by atoms with van der Waals surface area (Å²) in [6.07, 6.45) is 5.71. The number of piperidine rings is 2. The number of fused-ring (bicyclic) bond motifs is 1. The first-order chi connectivity index (χ1) is 14.7. The Labute approximate surface area is 182 Å². The molecule has 0 aromatic carbocycles. The van der Waals surface area contributed by atoms with E-state index < -0.39 is 10.0 Å². The number of aryl methyl sites for hydroxylation is 1. The molecule has 2 fully saturated rings. The van der Waals surface area contributed by atoms with Crippen LogP contribution in [0.25, 0.3) is 5.65 Å². The molecule has 31 heavy (non-hydrogen) atoms. The lowest BCUT2D eigenvalue weighted by molar-refractivity contribution is -0.140. The Morgan fingerprint density at radius 2 is 1.90 bits per heavy atom. The second kappa shape index (κ2) is 8.38. The van der Waals surface area contributed by atoms with Crippen LogP contribution in [0.4, 0.5) is 0 Å². The maximum absolute atomic E-state index is 13.4. The quantitative estimate of drug-likeness (QED) is 0.763. The number of nitrogens with zero attached hydrogens (tertiary/aromatic N) is 4. The van der Waals surface area contributed by atoms with E-state index in [1.54, 1.807) is 0 Å². The van der Waals surface area contributed by atoms with Gasteiger partial charge in [-0.2, -0.15) is 0 Å². The first kappa shape index (κ1) is 22.0. The molecule has 10 heteroatoms. The van der Waals surface area contributed by atoms with E-state index in [1.807, 2.05) is 24.8 Å². The number of hydrogen-bond acceptors (Lipinski definition) is 5. The Hall–Kier alpha value is -2.20. The van der Waals surface area contributed by atoms with Crippen molar-refractivity contribution >= 4 is 21.6 Å². The fraction of sp³-hybridized carbons (Fsp3) is 0.667. The molecule has 1 unspecified atom stereocenters. The smallest absolute Gasteiger partial charge is 0.276 e. The minimum atomic E-state index is -3.22. The molecule has 2 aliphatic heterocycles. The van der Waals surface area contributed by atoms with Crippen LogP contribution >= 0.6 is 0 Å². The molecular formula is C21H31N5O4S. The van der Waals surface area contributed by atoms with Gasteiger partial charge < -0.3 is 4.90 Å². The maximum Gasteiger partial charge on any atom is 0.276 e. The van der Waals surface area contributed by atoms with E-state index in [9.17, 15) is 18.0 Å². The van der Waals surface area contributed by atoms with Gasteiger partial charge in [-0.3, -0.25) is 14.7 Å². The fourth-order valence-electron chi connectivity index (χ4n) is 4.95. The van der Waals surface area contributed by atoms with E-state index in [4.69, 9.17) is 0 Å². The van der Waals surface area contributed by atoms with Crippen molar-refractivity contribution in [2.45, 2.75) is 58.4 Å². The highest BCUT2D eigenvalue weighted by atomic mass is 32.2. The van der Waals surface area contributed by atoms with Crippen LogP contribution in [-0.4, -0.2) is 64.0 Å². The maximum atomic E-state index is 13.4. The molecule has 2 saturated heterocycles. The van der Waals surface area contributed by atoms with Gasteiger partial charge in [-0.25, -0.2) is 22.2 Å². The van der Waals surface area contributed by atoms with Crippen LogP contribution in [0.5, 0.6) is 0 Å². The Kier molecular flexibility index (Phi) is 5.95. The van der Waals surface area contributed by atoms with Crippen molar-refractivity contribution in [1.29, 1.82) is 0 Å². The third-order valence-corrected chi connectivity index (χ3v) is 8.01. The number of carbonyl (C=O) groups excluding carboxylic acids is 1. The lowest BCUT2D eigenvalue weighted by atomic mass is 9.92.